The van der Waals surface area contributed by atoms with E-state index in [1.54, 1.807) is 0 Å². The number of benzene rings is 1. The fourth-order valence-electron chi connectivity index (χ4n) is 1.55. The number of carbonyl (C=O) groups is 1. The zero-order valence-corrected chi connectivity index (χ0v) is 11.2. The number of rotatable bonds is 4. The molecule has 2 N–H and O–H groups in total. The van der Waals surface area contributed by atoms with Crippen molar-refractivity contribution in [3.8, 4) is 0 Å². The molecular weight excluding hydrogens is 287 g/mol. The largest absolute Gasteiger partial charge is 0.469 e. The molecule has 0 amide bonds. The van der Waals surface area contributed by atoms with Crippen LogP contribution in [0.3, 0.4) is 0 Å². The summed E-state index contributed by atoms with van der Waals surface area (Å²) in [6, 6.07) is 2.10. The summed E-state index contributed by atoms with van der Waals surface area (Å²) >= 11 is 5.55. The smallest absolute Gasteiger partial charge is 0.313 e. The van der Waals surface area contributed by atoms with Crippen LogP contribution in [0.15, 0.2) is 12.1 Å². The van der Waals surface area contributed by atoms with Gasteiger partial charge in [-0.05, 0) is 25.1 Å². The van der Waals surface area contributed by atoms with Gasteiger partial charge in [0.05, 0.1) is 18.1 Å². The number of methoxy groups -OCH3 is 1. The van der Waals surface area contributed by atoms with Crippen LogP contribution in [0.25, 0.3) is 0 Å². The summed E-state index contributed by atoms with van der Waals surface area (Å²) in [5, 5.41) is -0.243. The molecule has 1 atom stereocenters. The van der Waals surface area contributed by atoms with Crippen molar-refractivity contribution in [2.24, 2.45) is 5.73 Å². The minimum absolute atomic E-state index is 0. The maximum absolute atomic E-state index is 13.7. The standard InChI is InChI=1S/C11H12ClF2NO2.ClH/c1-17-11(16)6(4-5-15)9-8(13)3-2-7(12)10(9)14;/h2-3,6H,4-5,15H2,1H3;1H. The van der Waals surface area contributed by atoms with Crippen molar-refractivity contribution < 1.29 is 18.3 Å². The zero-order chi connectivity index (χ0) is 13.0. The highest BCUT2D eigenvalue weighted by molar-refractivity contribution is 6.30. The Morgan fingerprint density at radius 3 is 2.61 bits per heavy atom. The van der Waals surface area contributed by atoms with Gasteiger partial charge in [0.25, 0.3) is 0 Å². The van der Waals surface area contributed by atoms with Crippen molar-refractivity contribution in [2.75, 3.05) is 13.7 Å². The van der Waals surface area contributed by atoms with Gasteiger partial charge in [-0.3, -0.25) is 4.79 Å². The molecule has 18 heavy (non-hydrogen) atoms. The van der Waals surface area contributed by atoms with Crippen molar-refractivity contribution in [3.63, 3.8) is 0 Å². The molecule has 0 aliphatic heterocycles. The second kappa shape index (κ2) is 7.51. The van der Waals surface area contributed by atoms with Gasteiger partial charge >= 0.3 is 5.97 Å². The molecule has 0 saturated heterocycles. The van der Waals surface area contributed by atoms with Gasteiger partial charge in [-0.15, -0.1) is 12.4 Å². The third kappa shape index (κ3) is 3.54. The number of halogens is 4. The molecule has 1 unspecified atom stereocenters. The maximum Gasteiger partial charge on any atom is 0.313 e. The summed E-state index contributed by atoms with van der Waals surface area (Å²) < 4.78 is 31.8. The van der Waals surface area contributed by atoms with Gasteiger partial charge in [0.15, 0.2) is 0 Å². The van der Waals surface area contributed by atoms with Gasteiger partial charge < -0.3 is 10.5 Å². The molecule has 1 aromatic rings. The van der Waals surface area contributed by atoms with Crippen LogP contribution >= 0.6 is 24.0 Å². The lowest BCUT2D eigenvalue weighted by Crippen LogP contribution is -2.20. The van der Waals surface area contributed by atoms with E-state index in [9.17, 15) is 13.6 Å². The van der Waals surface area contributed by atoms with E-state index in [0.29, 0.717) is 0 Å². The lowest BCUT2D eigenvalue weighted by atomic mass is 9.94. The van der Waals surface area contributed by atoms with Crippen molar-refractivity contribution in [1.82, 2.24) is 0 Å². The third-order valence-corrected chi connectivity index (χ3v) is 2.66. The summed E-state index contributed by atoms with van der Waals surface area (Å²) in [5.74, 6) is -3.61. The van der Waals surface area contributed by atoms with E-state index in [0.717, 1.165) is 19.2 Å². The van der Waals surface area contributed by atoms with Crippen LogP contribution in [-0.2, 0) is 9.53 Å². The molecule has 0 aromatic heterocycles. The van der Waals surface area contributed by atoms with E-state index >= 15 is 0 Å². The van der Waals surface area contributed by atoms with Gasteiger partial charge in [-0.2, -0.15) is 0 Å². The van der Waals surface area contributed by atoms with E-state index < -0.39 is 29.1 Å². The molecule has 0 fully saturated rings. The summed E-state index contributed by atoms with van der Waals surface area (Å²) in [4.78, 5) is 11.5. The van der Waals surface area contributed by atoms with Crippen molar-refractivity contribution >= 4 is 30.0 Å². The topological polar surface area (TPSA) is 52.3 Å². The summed E-state index contributed by atoms with van der Waals surface area (Å²) in [7, 11) is 1.15. The van der Waals surface area contributed by atoms with Gasteiger partial charge in [0.2, 0.25) is 0 Å². The Bertz CT molecular complexity index is 430. The summed E-state index contributed by atoms with van der Waals surface area (Å²) in [5.41, 5.74) is 4.92. The second-order valence-corrected chi connectivity index (χ2v) is 3.82. The molecule has 1 aromatic carbocycles. The molecule has 0 heterocycles. The Labute approximate surface area is 115 Å². The normalized spacial score (nSPS) is 11.6. The van der Waals surface area contributed by atoms with E-state index in [1.807, 2.05) is 0 Å². The summed E-state index contributed by atoms with van der Waals surface area (Å²) in [6.45, 7) is 0.102. The lowest BCUT2D eigenvalue weighted by Gasteiger charge is -2.16. The Kier molecular flexibility index (Phi) is 7.13. The van der Waals surface area contributed by atoms with Crippen LogP contribution in [0.5, 0.6) is 0 Å². The summed E-state index contributed by atoms with van der Waals surface area (Å²) in [6.07, 6.45) is 0.0842. The number of carbonyl (C=O) groups excluding carboxylic acids is 1. The van der Waals surface area contributed by atoms with Crippen LogP contribution in [0, 0.1) is 11.6 Å². The van der Waals surface area contributed by atoms with Gasteiger partial charge in [0, 0.05) is 5.56 Å². The first-order valence-corrected chi connectivity index (χ1v) is 5.32. The molecule has 0 aliphatic carbocycles. The lowest BCUT2D eigenvalue weighted by molar-refractivity contribution is -0.142. The van der Waals surface area contributed by atoms with Crippen molar-refractivity contribution in [1.29, 1.82) is 0 Å². The average Bonchev–Trinajstić information content (AvgIpc) is 2.32. The number of hydrogen-bond donors (Lipinski definition) is 1. The predicted octanol–water partition coefficient (Wildman–Crippen LogP) is 2.65. The average molecular weight is 300 g/mol. The predicted molar refractivity (Wildman–Crippen MR) is 67.0 cm³/mol. The minimum Gasteiger partial charge on any atom is -0.469 e. The molecular formula is C11H13Cl2F2NO2. The molecule has 0 bridgehead atoms. The fraction of sp³-hybridized carbons (Fsp3) is 0.364. The number of nitrogens with two attached hydrogens (primary N) is 1. The van der Waals surface area contributed by atoms with Gasteiger partial charge in [-0.25, -0.2) is 8.78 Å². The molecule has 0 radical (unpaired) electrons. The van der Waals surface area contributed by atoms with E-state index in [4.69, 9.17) is 17.3 Å². The molecule has 7 heteroatoms. The van der Waals surface area contributed by atoms with E-state index in [-0.39, 0.29) is 30.4 Å². The second-order valence-electron chi connectivity index (χ2n) is 3.41. The third-order valence-electron chi connectivity index (χ3n) is 2.37. The number of esters is 1. The zero-order valence-electron chi connectivity index (χ0n) is 9.58. The molecule has 1 rings (SSSR count). The Morgan fingerprint density at radius 2 is 2.11 bits per heavy atom. The molecule has 0 saturated carbocycles. The monoisotopic (exact) mass is 299 g/mol. The first kappa shape index (κ1) is 17.1. The van der Waals surface area contributed by atoms with Gasteiger partial charge in [-0.1, -0.05) is 11.6 Å². The van der Waals surface area contributed by atoms with Crippen LogP contribution in [0.1, 0.15) is 17.9 Å². The fourth-order valence-corrected chi connectivity index (χ4v) is 1.72. The molecule has 0 spiro atoms. The molecule has 3 nitrogen and oxygen atoms in total. The van der Waals surface area contributed by atoms with Crippen LogP contribution in [-0.4, -0.2) is 19.6 Å². The van der Waals surface area contributed by atoms with Crippen molar-refractivity contribution in [2.45, 2.75) is 12.3 Å². The van der Waals surface area contributed by atoms with Crippen LogP contribution in [0.2, 0.25) is 5.02 Å². The Balaban J connectivity index is 0.00000289. The van der Waals surface area contributed by atoms with E-state index in [1.165, 1.54) is 0 Å². The highest BCUT2D eigenvalue weighted by atomic mass is 35.5. The first-order valence-electron chi connectivity index (χ1n) is 4.94. The van der Waals surface area contributed by atoms with E-state index in [2.05, 4.69) is 4.74 Å². The van der Waals surface area contributed by atoms with Crippen molar-refractivity contribution in [3.05, 3.63) is 34.4 Å². The highest BCUT2D eigenvalue weighted by Crippen LogP contribution is 2.30. The number of ether oxygens (including phenoxy) is 1. The van der Waals surface area contributed by atoms with Crippen LogP contribution in [0.4, 0.5) is 8.78 Å². The first-order chi connectivity index (χ1) is 8.02. The highest BCUT2D eigenvalue weighted by Gasteiger charge is 2.28. The van der Waals surface area contributed by atoms with Crippen LogP contribution < -0.4 is 5.73 Å². The van der Waals surface area contributed by atoms with Gasteiger partial charge in [0.1, 0.15) is 11.6 Å². The minimum atomic E-state index is -1.08. The molecule has 102 valence electrons. The SMILES string of the molecule is COC(=O)C(CCN)c1c(F)ccc(Cl)c1F.Cl. The number of hydrogen-bond acceptors (Lipinski definition) is 3. The Morgan fingerprint density at radius 1 is 1.50 bits per heavy atom. The molecule has 0 aliphatic rings. The Hall–Kier alpha value is -0.910. The maximum atomic E-state index is 13.7. The quantitative estimate of drug-likeness (QED) is 0.687.